The molecule has 1 saturated heterocycles. The summed E-state index contributed by atoms with van der Waals surface area (Å²) in [7, 11) is 0. The standard InChI is InChI=1S/C16H25NO5/c1-2-3-4-10-5-7-11(8-6-10)17-16-15(21)14(20)13(19)12(9-18)22-16/h5-8,12-21H,2-4,9H2,1H3/t12-,13-,14+,15-,16-/m1/s1. The minimum absolute atomic E-state index is 0.431. The second kappa shape index (κ2) is 7.89. The van der Waals surface area contributed by atoms with Crippen molar-refractivity contribution in [3.63, 3.8) is 0 Å². The van der Waals surface area contributed by atoms with E-state index in [1.807, 2.05) is 24.3 Å². The van der Waals surface area contributed by atoms with Gasteiger partial charge in [-0.3, -0.25) is 0 Å². The lowest BCUT2D eigenvalue weighted by Gasteiger charge is -2.40. The van der Waals surface area contributed by atoms with E-state index in [4.69, 9.17) is 9.84 Å². The first-order valence-electron chi connectivity index (χ1n) is 7.72. The third-order valence-corrected chi connectivity index (χ3v) is 3.97. The summed E-state index contributed by atoms with van der Waals surface area (Å²) < 4.78 is 5.41. The van der Waals surface area contributed by atoms with Crippen molar-refractivity contribution >= 4 is 5.69 Å². The number of aryl methyl sites for hydroxylation is 1. The number of ether oxygens (including phenoxy) is 1. The van der Waals surface area contributed by atoms with Crippen molar-refractivity contribution in [1.82, 2.24) is 0 Å². The topological polar surface area (TPSA) is 102 Å². The van der Waals surface area contributed by atoms with Crippen LogP contribution in [0.4, 0.5) is 5.69 Å². The molecular weight excluding hydrogens is 286 g/mol. The summed E-state index contributed by atoms with van der Waals surface area (Å²) >= 11 is 0. The molecule has 0 spiro atoms. The highest BCUT2D eigenvalue weighted by atomic mass is 16.6. The number of hydrogen-bond donors (Lipinski definition) is 5. The summed E-state index contributed by atoms with van der Waals surface area (Å²) in [5.74, 6) is 0. The molecule has 2 rings (SSSR count). The average molecular weight is 311 g/mol. The number of rotatable bonds is 6. The van der Waals surface area contributed by atoms with Crippen molar-refractivity contribution in [3.8, 4) is 0 Å². The predicted octanol–water partition coefficient (Wildman–Crippen LogP) is 0.241. The summed E-state index contributed by atoms with van der Waals surface area (Å²) in [6.45, 7) is 1.72. The molecule has 5 N–H and O–H groups in total. The quantitative estimate of drug-likeness (QED) is 0.516. The van der Waals surface area contributed by atoms with E-state index in [9.17, 15) is 15.3 Å². The number of unbranched alkanes of at least 4 members (excludes halogenated alkanes) is 1. The first-order valence-corrected chi connectivity index (χ1v) is 7.72. The van der Waals surface area contributed by atoms with Gasteiger partial charge in [-0.05, 0) is 30.5 Å². The maximum atomic E-state index is 9.97. The molecule has 1 aliphatic heterocycles. The van der Waals surface area contributed by atoms with Crippen LogP contribution in [0.1, 0.15) is 25.3 Å². The number of anilines is 1. The predicted molar refractivity (Wildman–Crippen MR) is 82.4 cm³/mol. The van der Waals surface area contributed by atoms with E-state index >= 15 is 0 Å². The highest BCUT2D eigenvalue weighted by Crippen LogP contribution is 2.23. The highest BCUT2D eigenvalue weighted by Gasteiger charge is 2.43. The fourth-order valence-electron chi connectivity index (χ4n) is 2.53. The average Bonchev–Trinajstić information content (AvgIpc) is 2.54. The maximum Gasteiger partial charge on any atom is 0.157 e. The molecule has 0 aliphatic carbocycles. The summed E-state index contributed by atoms with van der Waals surface area (Å²) in [6, 6.07) is 7.77. The van der Waals surface area contributed by atoms with Crippen LogP contribution >= 0.6 is 0 Å². The summed E-state index contributed by atoms with van der Waals surface area (Å²) in [6.07, 6.45) is -2.47. The Morgan fingerprint density at radius 3 is 2.32 bits per heavy atom. The van der Waals surface area contributed by atoms with Crippen LogP contribution in [0.15, 0.2) is 24.3 Å². The molecule has 1 aromatic carbocycles. The zero-order valence-corrected chi connectivity index (χ0v) is 12.7. The fraction of sp³-hybridized carbons (Fsp3) is 0.625. The molecule has 0 amide bonds. The monoisotopic (exact) mass is 311 g/mol. The van der Waals surface area contributed by atoms with Gasteiger partial charge in [-0.15, -0.1) is 0 Å². The van der Waals surface area contributed by atoms with Crippen LogP contribution in [0.25, 0.3) is 0 Å². The van der Waals surface area contributed by atoms with Gasteiger partial charge in [0.1, 0.15) is 24.4 Å². The Morgan fingerprint density at radius 2 is 1.73 bits per heavy atom. The Bertz CT molecular complexity index is 450. The number of nitrogens with one attached hydrogen (secondary N) is 1. The van der Waals surface area contributed by atoms with E-state index in [-0.39, 0.29) is 0 Å². The molecule has 124 valence electrons. The molecule has 1 heterocycles. The Kier molecular flexibility index (Phi) is 6.16. The minimum Gasteiger partial charge on any atom is -0.394 e. The maximum absolute atomic E-state index is 9.97. The third kappa shape index (κ3) is 3.97. The number of aliphatic hydroxyl groups excluding tert-OH is 4. The molecule has 5 atom stereocenters. The molecule has 0 aromatic heterocycles. The van der Waals surface area contributed by atoms with Gasteiger partial charge in [0.25, 0.3) is 0 Å². The van der Waals surface area contributed by atoms with Crippen molar-refractivity contribution in [3.05, 3.63) is 29.8 Å². The molecule has 0 radical (unpaired) electrons. The third-order valence-electron chi connectivity index (χ3n) is 3.97. The van der Waals surface area contributed by atoms with E-state index < -0.39 is 37.3 Å². The Hall–Kier alpha value is -1.18. The molecule has 6 nitrogen and oxygen atoms in total. The van der Waals surface area contributed by atoms with Gasteiger partial charge in [-0.2, -0.15) is 0 Å². The van der Waals surface area contributed by atoms with Crippen molar-refractivity contribution in [1.29, 1.82) is 0 Å². The summed E-state index contributed by atoms with van der Waals surface area (Å²) in [5, 5.41) is 41.6. The minimum atomic E-state index is -1.37. The Labute approximate surface area is 130 Å². The fourth-order valence-corrected chi connectivity index (χ4v) is 2.53. The van der Waals surface area contributed by atoms with Gasteiger partial charge in [-0.1, -0.05) is 25.5 Å². The molecule has 0 bridgehead atoms. The van der Waals surface area contributed by atoms with Crippen molar-refractivity contribution in [2.24, 2.45) is 0 Å². The van der Waals surface area contributed by atoms with E-state index in [0.717, 1.165) is 24.9 Å². The van der Waals surface area contributed by atoms with Gasteiger partial charge in [-0.25, -0.2) is 0 Å². The number of hydrogen-bond acceptors (Lipinski definition) is 6. The first-order chi connectivity index (χ1) is 10.6. The van der Waals surface area contributed by atoms with Gasteiger partial charge in [0.15, 0.2) is 6.23 Å². The Balaban J connectivity index is 1.99. The molecule has 22 heavy (non-hydrogen) atoms. The molecule has 0 saturated carbocycles. The second-order valence-corrected chi connectivity index (χ2v) is 5.69. The van der Waals surface area contributed by atoms with Gasteiger partial charge in [0.2, 0.25) is 0 Å². The van der Waals surface area contributed by atoms with Crippen molar-refractivity contribution < 1.29 is 25.2 Å². The zero-order chi connectivity index (χ0) is 16.1. The van der Waals surface area contributed by atoms with Crippen LogP contribution in [0.2, 0.25) is 0 Å². The molecule has 1 fully saturated rings. The van der Waals surface area contributed by atoms with Crippen molar-refractivity contribution in [2.45, 2.75) is 56.8 Å². The lowest BCUT2D eigenvalue weighted by Crippen LogP contribution is -2.60. The molecule has 1 aliphatic rings. The van der Waals surface area contributed by atoms with Gasteiger partial charge < -0.3 is 30.5 Å². The normalized spacial score (nSPS) is 32.0. The summed E-state index contributed by atoms with van der Waals surface area (Å²) in [5.41, 5.74) is 1.98. The number of aliphatic hydroxyl groups is 4. The van der Waals surface area contributed by atoms with Crippen LogP contribution in [0.3, 0.4) is 0 Å². The summed E-state index contributed by atoms with van der Waals surface area (Å²) in [4.78, 5) is 0. The van der Waals surface area contributed by atoms with E-state index in [0.29, 0.717) is 0 Å². The molecular formula is C16H25NO5. The molecule has 1 aromatic rings. The second-order valence-electron chi connectivity index (χ2n) is 5.69. The van der Waals surface area contributed by atoms with E-state index in [2.05, 4.69) is 12.2 Å². The highest BCUT2D eigenvalue weighted by molar-refractivity contribution is 5.45. The van der Waals surface area contributed by atoms with E-state index in [1.54, 1.807) is 0 Å². The SMILES string of the molecule is CCCCc1ccc(N[C@@H]2O[C@H](CO)[C@@H](O)[C@H](O)[C@H]2O)cc1. The van der Waals surface area contributed by atoms with Gasteiger partial charge in [0, 0.05) is 5.69 Å². The lowest BCUT2D eigenvalue weighted by molar-refractivity contribution is -0.221. The van der Waals surface area contributed by atoms with E-state index in [1.165, 1.54) is 5.56 Å². The lowest BCUT2D eigenvalue weighted by atomic mass is 9.98. The molecule has 0 unspecified atom stereocenters. The van der Waals surface area contributed by atoms with Gasteiger partial charge >= 0.3 is 0 Å². The van der Waals surface area contributed by atoms with Crippen LogP contribution in [0, 0.1) is 0 Å². The van der Waals surface area contributed by atoms with Crippen LogP contribution in [-0.2, 0) is 11.2 Å². The smallest absolute Gasteiger partial charge is 0.157 e. The van der Waals surface area contributed by atoms with Gasteiger partial charge in [0.05, 0.1) is 6.61 Å². The van der Waals surface area contributed by atoms with Crippen LogP contribution in [0.5, 0.6) is 0 Å². The zero-order valence-electron chi connectivity index (χ0n) is 12.7. The van der Waals surface area contributed by atoms with Crippen LogP contribution < -0.4 is 5.32 Å². The van der Waals surface area contributed by atoms with Crippen molar-refractivity contribution in [2.75, 3.05) is 11.9 Å². The first kappa shape index (κ1) is 17.2. The largest absolute Gasteiger partial charge is 0.394 e. The number of benzene rings is 1. The molecule has 6 heteroatoms. The Morgan fingerprint density at radius 1 is 1.05 bits per heavy atom. The van der Waals surface area contributed by atoms with Crippen LogP contribution in [-0.4, -0.2) is 57.7 Å².